The lowest BCUT2D eigenvalue weighted by molar-refractivity contribution is 0.416. The van der Waals surface area contributed by atoms with Crippen molar-refractivity contribution in [3.63, 3.8) is 0 Å². The maximum absolute atomic E-state index is 5.68. The molecule has 0 fully saturated rings. The van der Waals surface area contributed by atoms with Gasteiger partial charge in [-0.2, -0.15) is 15.0 Å². The van der Waals surface area contributed by atoms with Gasteiger partial charge < -0.3 is 16.2 Å². The zero-order valence-electron chi connectivity index (χ0n) is 16.5. The minimum Gasteiger partial charge on any atom is -0.496 e. The Morgan fingerprint density at radius 3 is 2.33 bits per heavy atom. The van der Waals surface area contributed by atoms with Crippen LogP contribution in [0.4, 0.5) is 11.9 Å². The highest BCUT2D eigenvalue weighted by Gasteiger charge is 2.19. The van der Waals surface area contributed by atoms with Crippen LogP contribution in [0.1, 0.15) is 11.4 Å². The number of hydrogen-bond acceptors (Lipinski definition) is 9. The second-order valence-corrected chi connectivity index (χ2v) is 7.38. The topological polar surface area (TPSA) is 131 Å². The zero-order valence-corrected chi connectivity index (χ0v) is 17.3. The molecule has 0 spiro atoms. The molecule has 0 saturated carbocycles. The van der Waals surface area contributed by atoms with Crippen molar-refractivity contribution in [2.75, 3.05) is 18.6 Å². The molecule has 4 rings (SSSR count). The van der Waals surface area contributed by atoms with Crippen LogP contribution < -0.4 is 16.2 Å². The van der Waals surface area contributed by atoms with E-state index in [1.807, 2.05) is 60.0 Å². The van der Waals surface area contributed by atoms with Crippen LogP contribution in [0.3, 0.4) is 0 Å². The van der Waals surface area contributed by atoms with Gasteiger partial charge in [-0.3, -0.25) is 4.57 Å². The van der Waals surface area contributed by atoms with Gasteiger partial charge in [-0.1, -0.05) is 41.6 Å². The summed E-state index contributed by atoms with van der Waals surface area (Å²) in [6.45, 7) is 2.04. The largest absolute Gasteiger partial charge is 0.496 e. The lowest BCUT2D eigenvalue weighted by Crippen LogP contribution is -2.06. The van der Waals surface area contributed by atoms with Crippen LogP contribution in [0.15, 0.2) is 53.7 Å². The number of rotatable bonds is 6. The first-order valence-electron chi connectivity index (χ1n) is 9.09. The Balaban J connectivity index is 1.77. The lowest BCUT2D eigenvalue weighted by Gasteiger charge is -2.12. The first-order chi connectivity index (χ1) is 14.5. The second-order valence-electron chi connectivity index (χ2n) is 6.43. The normalized spacial score (nSPS) is 10.9. The number of anilines is 2. The number of aromatic nitrogens is 6. The number of hydrogen-bond donors (Lipinski definition) is 2. The molecule has 4 N–H and O–H groups in total. The predicted octanol–water partition coefficient (Wildman–Crippen LogP) is 2.89. The van der Waals surface area contributed by atoms with Crippen molar-refractivity contribution < 1.29 is 4.74 Å². The molecule has 4 aromatic rings. The number of thioether (sulfide) groups is 1. The average Bonchev–Trinajstić information content (AvgIpc) is 3.16. The molecule has 0 unspecified atom stereocenters. The fraction of sp³-hybridized carbons (Fsp3) is 0.150. The van der Waals surface area contributed by atoms with Crippen LogP contribution in [0.5, 0.6) is 5.75 Å². The lowest BCUT2D eigenvalue weighted by atomic mass is 10.1. The predicted molar refractivity (Wildman–Crippen MR) is 116 cm³/mol. The molecule has 2 heterocycles. The highest BCUT2D eigenvalue weighted by atomic mass is 32.2. The quantitative estimate of drug-likeness (QED) is 0.452. The molecular formula is C20H20N8OS. The van der Waals surface area contributed by atoms with Crippen molar-refractivity contribution in [1.82, 2.24) is 29.7 Å². The Morgan fingerprint density at radius 1 is 0.933 bits per heavy atom. The van der Waals surface area contributed by atoms with Crippen molar-refractivity contribution in [3.05, 3.63) is 59.9 Å². The number of nitrogens with zero attached hydrogens (tertiary/aromatic N) is 6. The summed E-state index contributed by atoms with van der Waals surface area (Å²) in [5.41, 5.74) is 14.3. The van der Waals surface area contributed by atoms with Crippen molar-refractivity contribution in [2.45, 2.75) is 17.8 Å². The third kappa shape index (κ3) is 4.03. The summed E-state index contributed by atoms with van der Waals surface area (Å²) in [5.74, 6) is 2.46. The fourth-order valence-corrected chi connectivity index (χ4v) is 3.75. The first-order valence-corrected chi connectivity index (χ1v) is 10.1. The van der Waals surface area contributed by atoms with E-state index in [0.717, 1.165) is 16.8 Å². The Bertz CT molecular complexity index is 1160. The van der Waals surface area contributed by atoms with E-state index in [9.17, 15) is 0 Å². The van der Waals surface area contributed by atoms with E-state index >= 15 is 0 Å². The second kappa shape index (κ2) is 8.37. The molecule has 0 aliphatic heterocycles. The maximum atomic E-state index is 5.68. The van der Waals surface area contributed by atoms with E-state index in [0.29, 0.717) is 28.3 Å². The molecule has 0 aliphatic rings. The Morgan fingerprint density at radius 2 is 1.63 bits per heavy atom. The summed E-state index contributed by atoms with van der Waals surface area (Å²) < 4.78 is 7.51. The summed E-state index contributed by atoms with van der Waals surface area (Å²) in [4.78, 5) is 12.1. The average molecular weight is 421 g/mol. The zero-order chi connectivity index (χ0) is 21.1. The smallest absolute Gasteiger partial charge is 0.225 e. The van der Waals surface area contributed by atoms with Gasteiger partial charge in [-0.15, -0.1) is 10.2 Å². The van der Waals surface area contributed by atoms with Crippen molar-refractivity contribution in [2.24, 2.45) is 0 Å². The number of benzene rings is 2. The Kier molecular flexibility index (Phi) is 5.48. The van der Waals surface area contributed by atoms with E-state index < -0.39 is 0 Å². The minimum atomic E-state index is 0.0906. The van der Waals surface area contributed by atoms with Crippen LogP contribution in [0.2, 0.25) is 0 Å². The molecule has 0 atom stereocenters. The summed E-state index contributed by atoms with van der Waals surface area (Å²) in [6.07, 6.45) is 0. The molecule has 0 saturated heterocycles. The number of aryl methyl sites for hydroxylation is 1. The number of para-hydroxylation sites is 1. The Hall–Kier alpha value is -3.66. The number of nitrogen functional groups attached to an aromatic ring is 2. The molecule has 0 bridgehead atoms. The molecule has 2 aromatic heterocycles. The highest BCUT2D eigenvalue weighted by Crippen LogP contribution is 2.33. The van der Waals surface area contributed by atoms with E-state index in [2.05, 4.69) is 25.1 Å². The minimum absolute atomic E-state index is 0.0906. The molecule has 0 amide bonds. The monoisotopic (exact) mass is 420 g/mol. The number of ether oxygens (including phenoxy) is 1. The summed E-state index contributed by atoms with van der Waals surface area (Å²) in [5, 5.41) is 9.54. The van der Waals surface area contributed by atoms with E-state index in [1.165, 1.54) is 11.8 Å². The van der Waals surface area contributed by atoms with Gasteiger partial charge in [-0.25, -0.2) is 0 Å². The first kappa shape index (κ1) is 19.6. The maximum Gasteiger partial charge on any atom is 0.225 e. The third-order valence-corrected chi connectivity index (χ3v) is 5.25. The molecular weight excluding hydrogens is 400 g/mol. The van der Waals surface area contributed by atoms with Gasteiger partial charge in [0.2, 0.25) is 11.9 Å². The van der Waals surface area contributed by atoms with E-state index in [-0.39, 0.29) is 11.9 Å². The van der Waals surface area contributed by atoms with E-state index in [4.69, 9.17) is 16.2 Å². The highest BCUT2D eigenvalue weighted by molar-refractivity contribution is 7.98. The van der Waals surface area contributed by atoms with Gasteiger partial charge in [0.25, 0.3) is 0 Å². The molecule has 2 aromatic carbocycles. The van der Waals surface area contributed by atoms with Crippen molar-refractivity contribution >= 4 is 23.7 Å². The summed E-state index contributed by atoms with van der Waals surface area (Å²) in [7, 11) is 1.64. The third-order valence-electron chi connectivity index (χ3n) is 4.32. The van der Waals surface area contributed by atoms with Gasteiger partial charge in [0.15, 0.2) is 11.0 Å². The van der Waals surface area contributed by atoms with Crippen LogP contribution in [0, 0.1) is 6.92 Å². The summed E-state index contributed by atoms with van der Waals surface area (Å²) >= 11 is 1.43. The van der Waals surface area contributed by atoms with Crippen LogP contribution in [-0.4, -0.2) is 36.8 Å². The van der Waals surface area contributed by atoms with Crippen LogP contribution in [-0.2, 0) is 5.75 Å². The molecule has 152 valence electrons. The van der Waals surface area contributed by atoms with Gasteiger partial charge in [0.1, 0.15) is 11.6 Å². The molecule has 9 nitrogen and oxygen atoms in total. The molecule has 30 heavy (non-hydrogen) atoms. The van der Waals surface area contributed by atoms with E-state index in [1.54, 1.807) is 7.11 Å². The van der Waals surface area contributed by atoms with Crippen molar-refractivity contribution in [1.29, 1.82) is 0 Å². The molecule has 10 heteroatoms. The SMILES string of the molecule is COc1ccccc1-c1nnc(SCc2nc(N)nc(N)n2)n1-c1ccc(C)cc1. The molecule has 0 aliphatic carbocycles. The van der Waals surface area contributed by atoms with Crippen LogP contribution in [0.25, 0.3) is 17.1 Å². The van der Waals surface area contributed by atoms with Crippen LogP contribution >= 0.6 is 11.8 Å². The van der Waals surface area contributed by atoms with Gasteiger partial charge in [0.05, 0.1) is 18.4 Å². The summed E-state index contributed by atoms with van der Waals surface area (Å²) in [6, 6.07) is 15.9. The fourth-order valence-electron chi connectivity index (χ4n) is 2.94. The number of nitrogens with two attached hydrogens (primary N) is 2. The Labute approximate surface area is 177 Å². The van der Waals surface area contributed by atoms with Gasteiger partial charge in [0, 0.05) is 5.69 Å². The van der Waals surface area contributed by atoms with Gasteiger partial charge >= 0.3 is 0 Å². The van der Waals surface area contributed by atoms with Crippen molar-refractivity contribution in [3.8, 4) is 22.8 Å². The molecule has 0 radical (unpaired) electrons. The number of methoxy groups -OCH3 is 1. The van der Waals surface area contributed by atoms with Gasteiger partial charge in [-0.05, 0) is 31.2 Å². The standard InChI is InChI=1S/C20H20N8OS/c1-12-7-9-13(10-8-12)28-17(14-5-3-4-6-15(14)29-2)26-27-20(28)30-11-16-23-18(21)25-19(22)24-16/h3-10H,11H2,1-2H3,(H4,21,22,23,24,25).